The van der Waals surface area contributed by atoms with Gasteiger partial charge in [-0.2, -0.15) is 4.31 Å². The number of hydrogen-bond acceptors (Lipinski definition) is 3. The number of benzene rings is 1. The molecule has 0 saturated carbocycles. The fourth-order valence-corrected chi connectivity index (χ4v) is 5.37. The molecule has 21 heavy (non-hydrogen) atoms. The van der Waals surface area contributed by atoms with Gasteiger partial charge in [-0.05, 0) is 62.3 Å². The van der Waals surface area contributed by atoms with E-state index < -0.39 is 10.0 Å². The highest BCUT2D eigenvalue weighted by Gasteiger charge is 2.40. The normalized spacial score (nSPS) is 27.9. The topological polar surface area (TPSA) is 49.4 Å². The lowest BCUT2D eigenvalue weighted by Gasteiger charge is -2.44. The predicted molar refractivity (Wildman–Crippen MR) is 83.7 cm³/mol. The van der Waals surface area contributed by atoms with Crippen molar-refractivity contribution < 1.29 is 8.42 Å². The quantitative estimate of drug-likeness (QED) is 0.911. The summed E-state index contributed by atoms with van der Waals surface area (Å²) in [7, 11) is -3.35. The smallest absolute Gasteiger partial charge is 0.243 e. The molecule has 0 amide bonds. The molecule has 2 saturated heterocycles. The van der Waals surface area contributed by atoms with Gasteiger partial charge in [-0.3, -0.25) is 0 Å². The molecule has 5 heteroatoms. The van der Waals surface area contributed by atoms with Crippen LogP contribution < -0.4 is 5.32 Å². The number of nitrogens with zero attached hydrogens (tertiary/aromatic N) is 1. The second kappa shape index (κ2) is 5.71. The molecule has 0 bridgehead atoms. The van der Waals surface area contributed by atoms with Gasteiger partial charge in [0.15, 0.2) is 0 Å². The molecule has 2 aliphatic rings. The third-order valence-corrected chi connectivity index (χ3v) is 6.66. The summed E-state index contributed by atoms with van der Waals surface area (Å²) in [6.07, 6.45) is 4.39. The molecule has 1 unspecified atom stereocenters. The zero-order valence-corrected chi connectivity index (χ0v) is 13.5. The van der Waals surface area contributed by atoms with Crippen LogP contribution >= 0.6 is 0 Å². The lowest BCUT2D eigenvalue weighted by Crippen LogP contribution is -2.52. The molecule has 0 aromatic heterocycles. The Hall–Kier alpha value is -0.910. The molecule has 116 valence electrons. The van der Waals surface area contributed by atoms with Gasteiger partial charge in [0.25, 0.3) is 0 Å². The van der Waals surface area contributed by atoms with Crippen LogP contribution in [0.25, 0.3) is 0 Å². The lowest BCUT2D eigenvalue weighted by atomic mass is 9.75. The molecule has 2 fully saturated rings. The summed E-state index contributed by atoms with van der Waals surface area (Å²) in [4.78, 5) is 0.434. The average Bonchev–Trinajstić information content (AvgIpc) is 2.48. The van der Waals surface area contributed by atoms with E-state index in [9.17, 15) is 8.42 Å². The van der Waals surface area contributed by atoms with E-state index in [1.54, 1.807) is 16.4 Å². The predicted octanol–water partition coefficient (Wildman–Crippen LogP) is 2.15. The summed E-state index contributed by atoms with van der Waals surface area (Å²) in [5, 5.41) is 3.44. The minimum absolute atomic E-state index is 0.146. The van der Waals surface area contributed by atoms with Crippen molar-refractivity contribution in [3.05, 3.63) is 29.8 Å². The fraction of sp³-hybridized carbons (Fsp3) is 0.625. The van der Waals surface area contributed by atoms with E-state index in [4.69, 9.17) is 0 Å². The van der Waals surface area contributed by atoms with Crippen molar-refractivity contribution in [1.82, 2.24) is 9.62 Å². The van der Waals surface area contributed by atoms with Gasteiger partial charge in [0.2, 0.25) is 10.0 Å². The van der Waals surface area contributed by atoms with Crippen LogP contribution in [0.4, 0.5) is 0 Å². The van der Waals surface area contributed by atoms with Crippen LogP contribution in [-0.2, 0) is 10.0 Å². The van der Waals surface area contributed by atoms with E-state index in [1.165, 1.54) is 0 Å². The molecule has 3 rings (SSSR count). The molecule has 1 atom stereocenters. The van der Waals surface area contributed by atoms with Crippen LogP contribution in [0.15, 0.2) is 29.2 Å². The van der Waals surface area contributed by atoms with Crippen molar-refractivity contribution in [3.63, 3.8) is 0 Å². The number of piperidine rings is 2. The third kappa shape index (κ3) is 3.00. The van der Waals surface area contributed by atoms with Gasteiger partial charge in [0, 0.05) is 19.6 Å². The zero-order valence-electron chi connectivity index (χ0n) is 12.6. The van der Waals surface area contributed by atoms with Crippen molar-refractivity contribution in [2.24, 2.45) is 5.41 Å². The SMILES string of the molecule is Cc1cccc(S(=O)(=O)N2CCCC3(CCCNC3)C2)c1. The second-order valence-corrected chi connectivity index (χ2v) is 8.48. The van der Waals surface area contributed by atoms with Gasteiger partial charge in [-0.15, -0.1) is 0 Å². The van der Waals surface area contributed by atoms with Crippen LogP contribution in [0.1, 0.15) is 31.2 Å². The highest BCUT2D eigenvalue weighted by Crippen LogP contribution is 2.37. The van der Waals surface area contributed by atoms with Gasteiger partial charge in [0.05, 0.1) is 4.90 Å². The molecule has 0 aliphatic carbocycles. The maximum absolute atomic E-state index is 12.9. The number of nitrogens with one attached hydrogen (secondary N) is 1. The first-order valence-corrected chi connectivity index (χ1v) is 9.24. The summed E-state index contributed by atoms with van der Waals surface area (Å²) in [6, 6.07) is 7.24. The van der Waals surface area contributed by atoms with Crippen LogP contribution in [-0.4, -0.2) is 38.9 Å². The first-order chi connectivity index (χ1) is 10.0. The van der Waals surface area contributed by atoms with Crippen molar-refractivity contribution >= 4 is 10.0 Å². The Kier molecular flexibility index (Phi) is 4.08. The first kappa shape index (κ1) is 15.0. The van der Waals surface area contributed by atoms with E-state index in [1.807, 2.05) is 19.1 Å². The van der Waals surface area contributed by atoms with Crippen LogP contribution in [0.2, 0.25) is 0 Å². The highest BCUT2D eigenvalue weighted by atomic mass is 32.2. The third-order valence-electron chi connectivity index (χ3n) is 4.81. The Morgan fingerprint density at radius 2 is 2.05 bits per heavy atom. The van der Waals surface area contributed by atoms with E-state index in [0.717, 1.165) is 44.3 Å². The van der Waals surface area contributed by atoms with Gasteiger partial charge in [-0.1, -0.05) is 12.1 Å². The maximum atomic E-state index is 12.9. The van der Waals surface area contributed by atoms with Gasteiger partial charge >= 0.3 is 0 Å². The molecule has 4 nitrogen and oxygen atoms in total. The number of aryl methyl sites for hydroxylation is 1. The minimum Gasteiger partial charge on any atom is -0.316 e. The summed E-state index contributed by atoms with van der Waals surface area (Å²) < 4.78 is 27.4. The molecule has 2 heterocycles. The fourth-order valence-electron chi connectivity index (χ4n) is 3.67. The van der Waals surface area contributed by atoms with Gasteiger partial charge in [0.1, 0.15) is 0 Å². The molecule has 1 aromatic rings. The molecule has 2 aliphatic heterocycles. The molecule has 1 aromatic carbocycles. The molecular formula is C16H24N2O2S. The molecular weight excluding hydrogens is 284 g/mol. The Bertz CT molecular complexity index is 601. The summed E-state index contributed by atoms with van der Waals surface area (Å²) in [5.74, 6) is 0. The van der Waals surface area contributed by atoms with Gasteiger partial charge in [-0.25, -0.2) is 8.42 Å². The Balaban J connectivity index is 1.85. The molecule has 0 radical (unpaired) electrons. The van der Waals surface area contributed by atoms with Gasteiger partial charge < -0.3 is 5.32 Å². The van der Waals surface area contributed by atoms with E-state index in [2.05, 4.69) is 5.32 Å². The van der Waals surface area contributed by atoms with Crippen LogP contribution in [0, 0.1) is 12.3 Å². The number of sulfonamides is 1. The van der Waals surface area contributed by atoms with Crippen molar-refractivity contribution in [3.8, 4) is 0 Å². The largest absolute Gasteiger partial charge is 0.316 e. The summed E-state index contributed by atoms with van der Waals surface area (Å²) in [5.41, 5.74) is 1.13. The second-order valence-electron chi connectivity index (χ2n) is 6.54. The van der Waals surface area contributed by atoms with Crippen molar-refractivity contribution in [2.75, 3.05) is 26.2 Å². The van der Waals surface area contributed by atoms with Crippen LogP contribution in [0.3, 0.4) is 0 Å². The zero-order chi connectivity index (χ0) is 14.9. The Labute approximate surface area is 127 Å². The number of hydrogen-bond donors (Lipinski definition) is 1. The van der Waals surface area contributed by atoms with Crippen molar-refractivity contribution in [2.45, 2.75) is 37.5 Å². The monoisotopic (exact) mass is 308 g/mol. The maximum Gasteiger partial charge on any atom is 0.243 e. The Morgan fingerprint density at radius 1 is 1.24 bits per heavy atom. The number of rotatable bonds is 2. The molecule has 1 spiro atoms. The standard InChI is InChI=1S/C16H24N2O2S/c1-14-5-2-6-15(11-14)21(19,20)18-10-4-8-16(13-18)7-3-9-17-12-16/h2,5-6,11,17H,3-4,7-10,12-13H2,1H3. The Morgan fingerprint density at radius 3 is 2.76 bits per heavy atom. The van der Waals surface area contributed by atoms with E-state index >= 15 is 0 Å². The van der Waals surface area contributed by atoms with Crippen molar-refractivity contribution in [1.29, 1.82) is 0 Å². The lowest BCUT2D eigenvalue weighted by molar-refractivity contribution is 0.110. The minimum atomic E-state index is -3.35. The summed E-state index contributed by atoms with van der Waals surface area (Å²) in [6.45, 7) is 5.26. The van der Waals surface area contributed by atoms with E-state index in [-0.39, 0.29) is 5.41 Å². The average molecular weight is 308 g/mol. The summed E-state index contributed by atoms with van der Waals surface area (Å²) >= 11 is 0. The van der Waals surface area contributed by atoms with E-state index in [0.29, 0.717) is 18.0 Å². The molecule has 1 N–H and O–H groups in total. The highest BCUT2D eigenvalue weighted by molar-refractivity contribution is 7.89. The van der Waals surface area contributed by atoms with Crippen LogP contribution in [0.5, 0.6) is 0 Å². The first-order valence-electron chi connectivity index (χ1n) is 7.80.